The number of hydrogen-bond acceptors (Lipinski definition) is 2. The Bertz CT molecular complexity index is 344. The van der Waals surface area contributed by atoms with E-state index in [4.69, 9.17) is 5.73 Å². The van der Waals surface area contributed by atoms with Crippen molar-refractivity contribution in [1.82, 2.24) is 0 Å². The van der Waals surface area contributed by atoms with Crippen molar-refractivity contribution in [2.75, 3.05) is 18.4 Å². The predicted octanol–water partition coefficient (Wildman–Crippen LogP) is 3.35. The Morgan fingerprint density at radius 1 is 1.24 bits per heavy atom. The first kappa shape index (κ1) is 12.4. The van der Waals surface area contributed by atoms with E-state index in [0.29, 0.717) is 11.3 Å². The normalized spacial score (nSPS) is 17.9. The van der Waals surface area contributed by atoms with Gasteiger partial charge in [0.15, 0.2) is 0 Å². The van der Waals surface area contributed by atoms with Gasteiger partial charge in [-0.3, -0.25) is 0 Å². The molecule has 94 valence electrons. The molecule has 1 aromatic rings. The molecule has 0 radical (unpaired) electrons. The Balaban J connectivity index is 1.91. The lowest BCUT2D eigenvalue weighted by atomic mass is 9.69. The number of anilines is 1. The molecule has 1 fully saturated rings. The van der Waals surface area contributed by atoms with Gasteiger partial charge in [0.1, 0.15) is 0 Å². The van der Waals surface area contributed by atoms with Crippen molar-refractivity contribution in [2.24, 2.45) is 11.1 Å². The molecule has 0 bridgehead atoms. The van der Waals surface area contributed by atoms with E-state index in [9.17, 15) is 0 Å². The van der Waals surface area contributed by atoms with Crippen LogP contribution in [-0.2, 0) is 0 Å². The maximum atomic E-state index is 5.86. The molecule has 1 aliphatic carbocycles. The van der Waals surface area contributed by atoms with Crippen molar-refractivity contribution in [3.05, 3.63) is 29.8 Å². The van der Waals surface area contributed by atoms with E-state index in [0.717, 1.165) is 13.1 Å². The molecule has 2 nitrogen and oxygen atoms in total. The summed E-state index contributed by atoms with van der Waals surface area (Å²) in [5, 5.41) is 3.52. The predicted molar refractivity (Wildman–Crippen MR) is 74.4 cm³/mol. The van der Waals surface area contributed by atoms with Crippen molar-refractivity contribution in [3.63, 3.8) is 0 Å². The first-order valence-corrected chi connectivity index (χ1v) is 6.69. The summed E-state index contributed by atoms with van der Waals surface area (Å²) < 4.78 is 0. The highest BCUT2D eigenvalue weighted by Crippen LogP contribution is 2.39. The van der Waals surface area contributed by atoms with Crippen LogP contribution in [0.2, 0.25) is 0 Å². The summed E-state index contributed by atoms with van der Waals surface area (Å²) in [6, 6.07) is 8.78. The van der Waals surface area contributed by atoms with Crippen LogP contribution in [0.25, 0.3) is 0 Å². The molecule has 0 aromatic heterocycles. The molecule has 0 atom stereocenters. The van der Waals surface area contributed by atoms with Gasteiger partial charge in [0.25, 0.3) is 0 Å². The lowest BCUT2D eigenvalue weighted by molar-refractivity contribution is 0.163. The SMILES string of the molecule is CC(C)c1ccc(NCC2(CN)CCC2)cc1. The van der Waals surface area contributed by atoms with Crippen molar-refractivity contribution < 1.29 is 0 Å². The molecular weight excluding hydrogens is 208 g/mol. The average molecular weight is 232 g/mol. The molecule has 0 saturated heterocycles. The Labute approximate surface area is 105 Å². The van der Waals surface area contributed by atoms with E-state index in [-0.39, 0.29) is 0 Å². The second-order valence-electron chi connectivity index (χ2n) is 5.69. The molecule has 0 unspecified atom stereocenters. The van der Waals surface area contributed by atoms with E-state index < -0.39 is 0 Å². The minimum absolute atomic E-state index is 0.372. The Kier molecular flexibility index (Phi) is 3.72. The van der Waals surface area contributed by atoms with E-state index in [1.54, 1.807) is 0 Å². The highest BCUT2D eigenvalue weighted by molar-refractivity contribution is 5.45. The van der Waals surface area contributed by atoms with E-state index in [1.807, 2.05) is 0 Å². The molecule has 0 spiro atoms. The third-order valence-corrected chi connectivity index (χ3v) is 4.09. The van der Waals surface area contributed by atoms with Gasteiger partial charge in [0, 0.05) is 12.2 Å². The zero-order valence-electron chi connectivity index (χ0n) is 11.0. The third-order valence-electron chi connectivity index (χ3n) is 4.09. The highest BCUT2D eigenvalue weighted by Gasteiger charge is 2.35. The fourth-order valence-electron chi connectivity index (χ4n) is 2.41. The number of nitrogens with two attached hydrogens (primary N) is 1. The van der Waals surface area contributed by atoms with Crippen LogP contribution >= 0.6 is 0 Å². The topological polar surface area (TPSA) is 38.0 Å². The van der Waals surface area contributed by atoms with E-state index in [2.05, 4.69) is 43.4 Å². The van der Waals surface area contributed by atoms with Gasteiger partial charge in [-0.25, -0.2) is 0 Å². The van der Waals surface area contributed by atoms with Gasteiger partial charge in [-0.1, -0.05) is 32.4 Å². The molecule has 1 saturated carbocycles. The van der Waals surface area contributed by atoms with Crippen LogP contribution in [0, 0.1) is 5.41 Å². The van der Waals surface area contributed by atoms with Gasteiger partial charge in [-0.15, -0.1) is 0 Å². The van der Waals surface area contributed by atoms with Crippen molar-refractivity contribution >= 4 is 5.69 Å². The average Bonchev–Trinajstić information content (AvgIpc) is 2.29. The van der Waals surface area contributed by atoms with Gasteiger partial charge in [-0.05, 0) is 48.4 Å². The number of hydrogen-bond donors (Lipinski definition) is 2. The molecule has 2 rings (SSSR count). The molecule has 0 amide bonds. The van der Waals surface area contributed by atoms with E-state index in [1.165, 1.54) is 30.5 Å². The van der Waals surface area contributed by atoms with Crippen LogP contribution in [0.4, 0.5) is 5.69 Å². The van der Waals surface area contributed by atoms with Crippen molar-refractivity contribution in [2.45, 2.75) is 39.0 Å². The molecular formula is C15H24N2. The Morgan fingerprint density at radius 2 is 1.88 bits per heavy atom. The molecule has 17 heavy (non-hydrogen) atoms. The van der Waals surface area contributed by atoms with Crippen LogP contribution in [0.5, 0.6) is 0 Å². The largest absolute Gasteiger partial charge is 0.384 e. The first-order valence-electron chi connectivity index (χ1n) is 6.69. The molecule has 2 heteroatoms. The zero-order valence-corrected chi connectivity index (χ0v) is 11.0. The Hall–Kier alpha value is -1.02. The molecule has 0 aliphatic heterocycles. The maximum Gasteiger partial charge on any atom is 0.0340 e. The monoisotopic (exact) mass is 232 g/mol. The van der Waals surface area contributed by atoms with Crippen molar-refractivity contribution in [1.29, 1.82) is 0 Å². The summed E-state index contributed by atoms with van der Waals surface area (Å²) in [4.78, 5) is 0. The number of nitrogens with one attached hydrogen (secondary N) is 1. The molecule has 1 aliphatic rings. The minimum atomic E-state index is 0.372. The summed E-state index contributed by atoms with van der Waals surface area (Å²) in [6.07, 6.45) is 3.90. The minimum Gasteiger partial charge on any atom is -0.384 e. The smallest absolute Gasteiger partial charge is 0.0340 e. The maximum absolute atomic E-state index is 5.86. The molecule has 0 heterocycles. The summed E-state index contributed by atoms with van der Waals surface area (Å²) in [7, 11) is 0. The standard InChI is InChI=1S/C15H24N2/c1-12(2)13-4-6-14(7-5-13)17-11-15(10-16)8-3-9-15/h4-7,12,17H,3,8-11,16H2,1-2H3. The van der Waals surface area contributed by atoms with Gasteiger partial charge in [0.05, 0.1) is 0 Å². The summed E-state index contributed by atoms with van der Waals surface area (Å²) >= 11 is 0. The summed E-state index contributed by atoms with van der Waals surface area (Å²) in [5.41, 5.74) is 8.84. The van der Waals surface area contributed by atoms with Gasteiger partial charge >= 0.3 is 0 Å². The number of benzene rings is 1. The molecule has 1 aromatic carbocycles. The fourth-order valence-corrected chi connectivity index (χ4v) is 2.41. The van der Waals surface area contributed by atoms with Crippen LogP contribution in [0.3, 0.4) is 0 Å². The second-order valence-corrected chi connectivity index (χ2v) is 5.69. The van der Waals surface area contributed by atoms with Crippen LogP contribution in [-0.4, -0.2) is 13.1 Å². The zero-order chi connectivity index (χ0) is 12.3. The highest BCUT2D eigenvalue weighted by atomic mass is 14.9. The third kappa shape index (κ3) is 2.81. The first-order chi connectivity index (χ1) is 8.15. The van der Waals surface area contributed by atoms with Gasteiger partial charge in [-0.2, -0.15) is 0 Å². The van der Waals surface area contributed by atoms with E-state index >= 15 is 0 Å². The quantitative estimate of drug-likeness (QED) is 0.817. The molecule has 3 N–H and O–H groups in total. The fraction of sp³-hybridized carbons (Fsp3) is 0.600. The van der Waals surface area contributed by atoms with Gasteiger partial charge < -0.3 is 11.1 Å². The second kappa shape index (κ2) is 5.09. The summed E-state index contributed by atoms with van der Waals surface area (Å²) in [5.74, 6) is 0.603. The van der Waals surface area contributed by atoms with Crippen molar-refractivity contribution in [3.8, 4) is 0 Å². The lowest BCUT2D eigenvalue weighted by Gasteiger charge is -2.41. The number of rotatable bonds is 5. The van der Waals surface area contributed by atoms with Gasteiger partial charge in [0.2, 0.25) is 0 Å². The lowest BCUT2D eigenvalue weighted by Crippen LogP contribution is -2.42. The summed E-state index contributed by atoms with van der Waals surface area (Å²) in [6.45, 7) is 6.27. The van der Waals surface area contributed by atoms with Crippen LogP contribution < -0.4 is 11.1 Å². The van der Waals surface area contributed by atoms with Crippen LogP contribution in [0.1, 0.15) is 44.6 Å². The van der Waals surface area contributed by atoms with Crippen LogP contribution in [0.15, 0.2) is 24.3 Å². The Morgan fingerprint density at radius 3 is 2.29 bits per heavy atom.